The largest absolute Gasteiger partial charge is 0.486 e. The minimum atomic E-state index is -0.884. The standard InChI is InChI=1S/C11H14BrNO5/c1-7(15)9-5-8(12)6-10(13(16)17)11(9)18-4-2-3-14/h5-7,14-15H,2-4H2,1H3/t7-/m1/s1. The van der Waals surface area contributed by atoms with E-state index in [9.17, 15) is 15.2 Å². The third kappa shape index (κ3) is 3.66. The smallest absolute Gasteiger partial charge is 0.312 e. The van der Waals surface area contributed by atoms with Gasteiger partial charge in [-0.15, -0.1) is 0 Å². The second-order valence-corrected chi connectivity index (χ2v) is 4.62. The van der Waals surface area contributed by atoms with Crippen LogP contribution in [0.25, 0.3) is 0 Å². The van der Waals surface area contributed by atoms with E-state index in [1.807, 2.05) is 0 Å². The van der Waals surface area contributed by atoms with E-state index in [-0.39, 0.29) is 24.7 Å². The Bertz CT molecular complexity index is 436. The summed E-state index contributed by atoms with van der Waals surface area (Å²) in [5, 5.41) is 29.2. The van der Waals surface area contributed by atoms with Crippen molar-refractivity contribution >= 4 is 21.6 Å². The summed E-state index contributed by atoms with van der Waals surface area (Å²) in [7, 11) is 0. The van der Waals surface area contributed by atoms with Crippen molar-refractivity contribution in [1.29, 1.82) is 0 Å². The lowest BCUT2D eigenvalue weighted by molar-refractivity contribution is -0.386. The number of hydrogen-bond donors (Lipinski definition) is 2. The first kappa shape index (κ1) is 14.9. The van der Waals surface area contributed by atoms with Gasteiger partial charge in [0.1, 0.15) is 0 Å². The van der Waals surface area contributed by atoms with Crippen LogP contribution < -0.4 is 4.74 Å². The minimum Gasteiger partial charge on any atom is -0.486 e. The Morgan fingerprint density at radius 1 is 1.56 bits per heavy atom. The fourth-order valence-corrected chi connectivity index (χ4v) is 1.91. The number of nitro benzene ring substituents is 1. The van der Waals surface area contributed by atoms with Crippen molar-refractivity contribution in [3.8, 4) is 5.75 Å². The first-order chi connectivity index (χ1) is 8.47. The molecule has 0 bridgehead atoms. The molecule has 100 valence electrons. The SMILES string of the molecule is C[C@@H](O)c1cc(Br)cc([N+](=O)[O-])c1OCCCO. The van der Waals surface area contributed by atoms with Gasteiger partial charge in [0.05, 0.1) is 17.6 Å². The number of nitro groups is 1. The zero-order valence-electron chi connectivity index (χ0n) is 9.80. The van der Waals surface area contributed by atoms with Crippen molar-refractivity contribution in [2.75, 3.05) is 13.2 Å². The topological polar surface area (TPSA) is 92.8 Å². The van der Waals surface area contributed by atoms with Crippen LogP contribution in [0.15, 0.2) is 16.6 Å². The van der Waals surface area contributed by atoms with E-state index in [0.717, 1.165) is 0 Å². The molecule has 1 aromatic carbocycles. The molecule has 0 fully saturated rings. The van der Waals surface area contributed by atoms with E-state index in [1.54, 1.807) is 6.07 Å². The Kier molecular flexibility index (Phi) is 5.52. The number of ether oxygens (including phenoxy) is 1. The maximum absolute atomic E-state index is 11.0. The predicted octanol–water partition coefficient (Wildman–Crippen LogP) is 2.17. The van der Waals surface area contributed by atoms with Gasteiger partial charge in [-0.1, -0.05) is 15.9 Å². The summed E-state index contributed by atoms with van der Waals surface area (Å²) in [5.74, 6) is 0.0478. The molecule has 0 aliphatic rings. The van der Waals surface area contributed by atoms with Crippen molar-refractivity contribution in [3.05, 3.63) is 32.3 Å². The van der Waals surface area contributed by atoms with Crippen molar-refractivity contribution in [1.82, 2.24) is 0 Å². The monoisotopic (exact) mass is 319 g/mol. The summed E-state index contributed by atoms with van der Waals surface area (Å²) < 4.78 is 5.80. The highest BCUT2D eigenvalue weighted by Gasteiger charge is 2.23. The molecule has 0 radical (unpaired) electrons. The molecule has 1 aromatic rings. The van der Waals surface area contributed by atoms with Gasteiger partial charge >= 0.3 is 5.69 Å². The van der Waals surface area contributed by atoms with Crippen molar-refractivity contribution in [2.24, 2.45) is 0 Å². The highest BCUT2D eigenvalue weighted by molar-refractivity contribution is 9.10. The Morgan fingerprint density at radius 3 is 2.72 bits per heavy atom. The number of benzene rings is 1. The molecule has 1 rings (SSSR count). The third-order valence-corrected chi connectivity index (χ3v) is 2.72. The number of aliphatic hydroxyl groups excluding tert-OH is 2. The van der Waals surface area contributed by atoms with Crippen LogP contribution in [0, 0.1) is 10.1 Å². The molecule has 18 heavy (non-hydrogen) atoms. The fourth-order valence-electron chi connectivity index (χ4n) is 1.44. The van der Waals surface area contributed by atoms with E-state index in [1.165, 1.54) is 13.0 Å². The van der Waals surface area contributed by atoms with E-state index >= 15 is 0 Å². The Morgan fingerprint density at radius 2 is 2.22 bits per heavy atom. The number of hydrogen-bond acceptors (Lipinski definition) is 5. The fraction of sp³-hybridized carbons (Fsp3) is 0.455. The molecule has 6 nitrogen and oxygen atoms in total. The maximum Gasteiger partial charge on any atom is 0.312 e. The van der Waals surface area contributed by atoms with Crippen LogP contribution >= 0.6 is 15.9 Å². The first-order valence-electron chi connectivity index (χ1n) is 5.37. The van der Waals surface area contributed by atoms with Gasteiger partial charge in [0.15, 0.2) is 0 Å². The summed E-state index contributed by atoms with van der Waals surface area (Å²) in [6.07, 6.45) is -0.516. The highest BCUT2D eigenvalue weighted by Crippen LogP contribution is 2.37. The molecule has 2 N–H and O–H groups in total. The first-order valence-corrected chi connectivity index (χ1v) is 6.16. The van der Waals surface area contributed by atoms with Gasteiger partial charge in [0, 0.05) is 29.1 Å². The molecule has 0 aliphatic carbocycles. The molecular formula is C11H14BrNO5. The Labute approximate surface area is 112 Å². The van der Waals surface area contributed by atoms with Crippen molar-refractivity contribution in [2.45, 2.75) is 19.4 Å². The van der Waals surface area contributed by atoms with Crippen molar-refractivity contribution < 1.29 is 19.9 Å². The summed E-state index contributed by atoms with van der Waals surface area (Å²) in [6, 6.07) is 2.89. The third-order valence-electron chi connectivity index (χ3n) is 2.26. The molecule has 0 amide bonds. The summed E-state index contributed by atoms with van der Waals surface area (Å²) in [5.41, 5.74) is 0.132. The zero-order chi connectivity index (χ0) is 13.7. The molecule has 0 heterocycles. The second kappa shape index (κ2) is 6.67. The van der Waals surface area contributed by atoms with Crippen LogP contribution in [0.4, 0.5) is 5.69 Å². The van der Waals surface area contributed by atoms with Gasteiger partial charge in [0.25, 0.3) is 0 Å². The second-order valence-electron chi connectivity index (χ2n) is 3.70. The number of rotatable bonds is 6. The van der Waals surface area contributed by atoms with Gasteiger partial charge in [-0.3, -0.25) is 10.1 Å². The van der Waals surface area contributed by atoms with Gasteiger partial charge in [0.2, 0.25) is 5.75 Å². The van der Waals surface area contributed by atoms with E-state index in [4.69, 9.17) is 9.84 Å². The molecule has 7 heteroatoms. The van der Waals surface area contributed by atoms with E-state index in [0.29, 0.717) is 16.5 Å². The van der Waals surface area contributed by atoms with Crippen LogP contribution in [0.3, 0.4) is 0 Å². The zero-order valence-corrected chi connectivity index (χ0v) is 11.4. The molecule has 1 atom stereocenters. The van der Waals surface area contributed by atoms with Gasteiger partial charge in [-0.25, -0.2) is 0 Å². The molecular weight excluding hydrogens is 306 g/mol. The molecule has 0 unspecified atom stereocenters. The molecule has 0 saturated heterocycles. The number of halogens is 1. The predicted molar refractivity (Wildman–Crippen MR) is 68.6 cm³/mol. The molecule has 0 aromatic heterocycles. The average molecular weight is 320 g/mol. The normalized spacial score (nSPS) is 12.2. The van der Waals surface area contributed by atoms with E-state index in [2.05, 4.69) is 15.9 Å². The van der Waals surface area contributed by atoms with Crippen LogP contribution in [-0.4, -0.2) is 28.4 Å². The minimum absolute atomic E-state index is 0.0478. The summed E-state index contributed by atoms with van der Waals surface area (Å²) in [4.78, 5) is 10.4. The van der Waals surface area contributed by atoms with Crippen LogP contribution in [0.5, 0.6) is 5.75 Å². The summed E-state index contributed by atoms with van der Waals surface area (Å²) in [6.45, 7) is 1.59. The van der Waals surface area contributed by atoms with Crippen molar-refractivity contribution in [3.63, 3.8) is 0 Å². The van der Waals surface area contributed by atoms with Gasteiger partial charge < -0.3 is 14.9 Å². The summed E-state index contributed by atoms with van der Waals surface area (Å²) >= 11 is 3.15. The molecule has 0 aliphatic heterocycles. The Balaban J connectivity index is 3.18. The van der Waals surface area contributed by atoms with Crippen LogP contribution in [0.2, 0.25) is 0 Å². The quantitative estimate of drug-likeness (QED) is 0.476. The average Bonchev–Trinajstić information content (AvgIpc) is 2.30. The lowest BCUT2D eigenvalue weighted by Gasteiger charge is -2.14. The van der Waals surface area contributed by atoms with E-state index < -0.39 is 11.0 Å². The lowest BCUT2D eigenvalue weighted by atomic mass is 10.1. The maximum atomic E-state index is 11.0. The number of nitrogens with zero attached hydrogens (tertiary/aromatic N) is 1. The lowest BCUT2D eigenvalue weighted by Crippen LogP contribution is -2.06. The molecule has 0 spiro atoms. The highest BCUT2D eigenvalue weighted by atomic mass is 79.9. The molecule has 0 saturated carbocycles. The van der Waals surface area contributed by atoms with Gasteiger partial charge in [-0.2, -0.15) is 0 Å². The van der Waals surface area contributed by atoms with Gasteiger partial charge in [-0.05, 0) is 13.0 Å². The van der Waals surface area contributed by atoms with Crippen LogP contribution in [0.1, 0.15) is 25.0 Å². The number of aliphatic hydroxyl groups is 2. The Hall–Kier alpha value is -1.18. The van der Waals surface area contributed by atoms with Crippen LogP contribution in [-0.2, 0) is 0 Å².